The molecule has 0 spiro atoms. The highest BCUT2D eigenvalue weighted by atomic mass is 32.1. The number of aromatic nitrogens is 2. The summed E-state index contributed by atoms with van der Waals surface area (Å²) in [6.07, 6.45) is 0. The molecule has 6 nitrogen and oxygen atoms in total. The van der Waals surface area contributed by atoms with Gasteiger partial charge in [0.25, 0.3) is 0 Å². The van der Waals surface area contributed by atoms with E-state index in [4.69, 9.17) is 15.2 Å². The summed E-state index contributed by atoms with van der Waals surface area (Å²) in [6.45, 7) is 4.23. The average Bonchev–Trinajstić information content (AvgIpc) is 3.23. The van der Waals surface area contributed by atoms with Crippen LogP contribution in [0.1, 0.15) is 32.5 Å². The van der Waals surface area contributed by atoms with Crippen LogP contribution in [0, 0.1) is 31.0 Å². The van der Waals surface area contributed by atoms with E-state index in [1.807, 2.05) is 19.9 Å². The molecule has 0 saturated carbocycles. The minimum atomic E-state index is -0.337. The molecule has 1 aromatic carbocycles. The van der Waals surface area contributed by atoms with Crippen molar-refractivity contribution in [3.63, 3.8) is 0 Å². The number of aryl methyl sites for hydroxylation is 2. The zero-order chi connectivity index (χ0) is 19.8. The highest BCUT2D eigenvalue weighted by Gasteiger charge is 2.35. The zero-order valence-corrected chi connectivity index (χ0v) is 16.1. The van der Waals surface area contributed by atoms with Gasteiger partial charge in [-0.3, -0.25) is 5.10 Å². The molecule has 3 heterocycles. The number of nitrogens with two attached hydrogens (primary N) is 1. The van der Waals surface area contributed by atoms with Gasteiger partial charge in [-0.05, 0) is 44.2 Å². The van der Waals surface area contributed by atoms with E-state index in [1.165, 1.54) is 12.1 Å². The van der Waals surface area contributed by atoms with Crippen molar-refractivity contribution in [1.82, 2.24) is 10.2 Å². The summed E-state index contributed by atoms with van der Waals surface area (Å²) in [5, 5.41) is 16.7. The molecule has 28 heavy (non-hydrogen) atoms. The fourth-order valence-corrected chi connectivity index (χ4v) is 4.36. The molecule has 0 fully saturated rings. The summed E-state index contributed by atoms with van der Waals surface area (Å²) >= 11 is 1.58. The number of hydrogen-bond donors (Lipinski definition) is 2. The molecule has 0 amide bonds. The molecule has 0 unspecified atom stereocenters. The van der Waals surface area contributed by atoms with E-state index in [0.717, 1.165) is 26.6 Å². The number of nitrogens with one attached hydrogen (secondary N) is 1. The van der Waals surface area contributed by atoms with Crippen molar-refractivity contribution in [2.24, 2.45) is 5.73 Å². The Balaban J connectivity index is 1.66. The van der Waals surface area contributed by atoms with Gasteiger partial charge in [0.1, 0.15) is 29.8 Å². The molecule has 0 radical (unpaired) electrons. The van der Waals surface area contributed by atoms with Gasteiger partial charge in [-0.25, -0.2) is 4.39 Å². The molecular weight excluding hydrogens is 379 g/mol. The first-order valence-electron chi connectivity index (χ1n) is 8.58. The normalized spacial score (nSPS) is 15.7. The van der Waals surface area contributed by atoms with E-state index >= 15 is 0 Å². The number of rotatable bonds is 4. The number of allylic oxidation sites excluding steroid dienone is 1. The van der Waals surface area contributed by atoms with Crippen LogP contribution < -0.4 is 15.2 Å². The fraction of sp³-hybridized carbons (Fsp3) is 0.200. The Hall–Kier alpha value is -3.31. The third kappa shape index (κ3) is 3.10. The second-order valence-electron chi connectivity index (χ2n) is 6.47. The van der Waals surface area contributed by atoms with E-state index in [0.29, 0.717) is 23.8 Å². The number of ether oxygens (including phenoxy) is 2. The smallest absolute Gasteiger partial charge is 0.244 e. The highest BCUT2D eigenvalue weighted by molar-refractivity contribution is 7.12. The predicted molar refractivity (Wildman–Crippen MR) is 102 cm³/mol. The van der Waals surface area contributed by atoms with Crippen LogP contribution in [0.5, 0.6) is 11.6 Å². The zero-order valence-electron chi connectivity index (χ0n) is 15.2. The first-order chi connectivity index (χ1) is 13.5. The lowest BCUT2D eigenvalue weighted by Gasteiger charge is -2.22. The number of halogens is 1. The maximum Gasteiger partial charge on any atom is 0.244 e. The molecule has 0 saturated heterocycles. The third-order valence-corrected chi connectivity index (χ3v) is 5.82. The van der Waals surface area contributed by atoms with E-state index in [9.17, 15) is 9.65 Å². The number of hydrogen-bond acceptors (Lipinski definition) is 6. The number of benzene rings is 1. The lowest BCUT2D eigenvalue weighted by atomic mass is 9.88. The molecule has 2 aromatic heterocycles. The van der Waals surface area contributed by atoms with Crippen LogP contribution in [0.25, 0.3) is 0 Å². The van der Waals surface area contributed by atoms with Crippen LogP contribution in [0.15, 0.2) is 41.8 Å². The molecule has 0 bridgehead atoms. The summed E-state index contributed by atoms with van der Waals surface area (Å²) in [5.74, 6) is 0.418. The molecule has 142 valence electrons. The number of fused-ring (bicyclic) bond motifs is 1. The quantitative estimate of drug-likeness (QED) is 0.694. The molecule has 1 aliphatic rings. The summed E-state index contributed by atoms with van der Waals surface area (Å²) in [6, 6.07) is 10.1. The van der Waals surface area contributed by atoms with Crippen LogP contribution >= 0.6 is 11.3 Å². The van der Waals surface area contributed by atoms with Crippen LogP contribution in [-0.2, 0) is 6.61 Å². The van der Waals surface area contributed by atoms with Crippen molar-refractivity contribution in [2.75, 3.05) is 0 Å². The maximum absolute atomic E-state index is 13.0. The van der Waals surface area contributed by atoms with Gasteiger partial charge < -0.3 is 15.2 Å². The Morgan fingerprint density at radius 2 is 2.11 bits per heavy atom. The fourth-order valence-electron chi connectivity index (χ4n) is 3.21. The molecule has 4 rings (SSSR count). The molecule has 3 N–H and O–H groups in total. The minimum absolute atomic E-state index is 0.0710. The Morgan fingerprint density at radius 1 is 1.36 bits per heavy atom. The van der Waals surface area contributed by atoms with Crippen LogP contribution in [0.3, 0.4) is 0 Å². The lowest BCUT2D eigenvalue weighted by molar-refractivity contribution is 0.305. The first kappa shape index (κ1) is 18.1. The standard InChI is InChI=1S/C20H17FN4O2S/c1-10-17-18(15(8-22)19(23)27-20(17)25-24-10)16-7-12(11(2)28-16)9-26-14-5-3-13(21)4-6-14/h3-7,18H,9,23H2,1-2H3,(H,24,25)/t18-/m1/s1. The largest absolute Gasteiger partial charge is 0.489 e. The van der Waals surface area contributed by atoms with Gasteiger partial charge >= 0.3 is 0 Å². The molecule has 0 aliphatic carbocycles. The summed E-state index contributed by atoms with van der Waals surface area (Å²) < 4.78 is 24.3. The summed E-state index contributed by atoms with van der Waals surface area (Å²) in [5.41, 5.74) is 8.97. The lowest BCUT2D eigenvalue weighted by Crippen LogP contribution is -2.20. The van der Waals surface area contributed by atoms with Gasteiger partial charge in [0.05, 0.1) is 11.5 Å². The van der Waals surface area contributed by atoms with Crippen molar-refractivity contribution < 1.29 is 13.9 Å². The number of thiophene rings is 1. The molecule has 1 aliphatic heterocycles. The first-order valence-corrected chi connectivity index (χ1v) is 9.39. The number of nitrogens with zero attached hydrogens (tertiary/aromatic N) is 2. The van der Waals surface area contributed by atoms with Gasteiger partial charge in [-0.2, -0.15) is 5.26 Å². The predicted octanol–water partition coefficient (Wildman–Crippen LogP) is 4.02. The highest BCUT2D eigenvalue weighted by Crippen LogP contribution is 2.45. The number of nitriles is 1. The molecule has 8 heteroatoms. The van der Waals surface area contributed by atoms with Crippen LogP contribution in [0.2, 0.25) is 0 Å². The summed E-state index contributed by atoms with van der Waals surface area (Å²) in [7, 11) is 0. The van der Waals surface area contributed by atoms with Crippen molar-refractivity contribution in [3.05, 3.63) is 74.2 Å². The average molecular weight is 396 g/mol. The third-order valence-electron chi connectivity index (χ3n) is 4.66. The number of H-pyrrole nitrogens is 1. The monoisotopic (exact) mass is 396 g/mol. The Morgan fingerprint density at radius 3 is 2.82 bits per heavy atom. The second-order valence-corrected chi connectivity index (χ2v) is 7.75. The van der Waals surface area contributed by atoms with Gasteiger partial charge in [0, 0.05) is 21.0 Å². The van der Waals surface area contributed by atoms with Crippen molar-refractivity contribution >= 4 is 11.3 Å². The van der Waals surface area contributed by atoms with Crippen LogP contribution in [0.4, 0.5) is 4.39 Å². The Bertz CT molecular complexity index is 1110. The Kier molecular flexibility index (Phi) is 4.53. The van der Waals surface area contributed by atoms with Crippen molar-refractivity contribution in [2.45, 2.75) is 26.4 Å². The van der Waals surface area contributed by atoms with Crippen molar-refractivity contribution in [1.29, 1.82) is 5.26 Å². The topological polar surface area (TPSA) is 97.0 Å². The van der Waals surface area contributed by atoms with Crippen molar-refractivity contribution in [3.8, 4) is 17.7 Å². The van der Waals surface area contributed by atoms with Gasteiger partial charge in [0.15, 0.2) is 0 Å². The van der Waals surface area contributed by atoms with Gasteiger partial charge in [-0.1, -0.05) is 0 Å². The number of aromatic amines is 1. The van der Waals surface area contributed by atoms with E-state index in [-0.39, 0.29) is 17.6 Å². The maximum atomic E-state index is 13.0. The van der Waals surface area contributed by atoms with E-state index in [2.05, 4.69) is 16.3 Å². The SMILES string of the molecule is Cc1[nH]nc2c1[C@@H](c1cc(COc3ccc(F)cc3)c(C)s1)C(C#N)=C(N)O2. The van der Waals surface area contributed by atoms with E-state index in [1.54, 1.807) is 23.5 Å². The van der Waals surface area contributed by atoms with Gasteiger partial charge in [0.2, 0.25) is 11.8 Å². The molecule has 3 aromatic rings. The minimum Gasteiger partial charge on any atom is -0.489 e. The summed E-state index contributed by atoms with van der Waals surface area (Å²) in [4.78, 5) is 2.03. The van der Waals surface area contributed by atoms with Crippen LogP contribution in [-0.4, -0.2) is 10.2 Å². The van der Waals surface area contributed by atoms with E-state index < -0.39 is 0 Å². The Labute approximate surface area is 165 Å². The second kappa shape index (κ2) is 7.02. The molecular formula is C20H17FN4O2S. The van der Waals surface area contributed by atoms with Gasteiger partial charge in [-0.15, -0.1) is 16.4 Å². The molecule has 1 atom stereocenters.